The number of nitrogens with zero attached hydrogens (tertiary/aromatic N) is 2. The van der Waals surface area contributed by atoms with Crippen LogP contribution in [0.25, 0.3) is 11.1 Å². The average Bonchev–Trinajstić information content (AvgIpc) is 2.29. The van der Waals surface area contributed by atoms with Gasteiger partial charge < -0.3 is 5.11 Å². The first-order chi connectivity index (χ1) is 7.70. The van der Waals surface area contributed by atoms with Gasteiger partial charge in [0.05, 0.1) is 0 Å². The molecule has 1 aromatic carbocycles. The minimum atomic E-state index is -1.04. The largest absolute Gasteiger partial charge is 0.476 e. The Morgan fingerprint density at radius 3 is 2.69 bits per heavy atom. The van der Waals surface area contributed by atoms with Crippen molar-refractivity contribution >= 4 is 5.97 Å². The molecule has 0 saturated heterocycles. The Morgan fingerprint density at radius 2 is 2.00 bits per heavy atom. The van der Waals surface area contributed by atoms with Gasteiger partial charge in [0.25, 0.3) is 0 Å². The summed E-state index contributed by atoms with van der Waals surface area (Å²) < 4.78 is 0. The second-order valence-corrected chi connectivity index (χ2v) is 3.41. The molecule has 0 atom stereocenters. The van der Waals surface area contributed by atoms with Gasteiger partial charge in [-0.15, -0.1) is 0 Å². The van der Waals surface area contributed by atoms with E-state index >= 15 is 0 Å². The van der Waals surface area contributed by atoms with E-state index in [1.54, 1.807) is 0 Å². The molecule has 2 aromatic rings. The van der Waals surface area contributed by atoms with Crippen LogP contribution < -0.4 is 0 Å². The van der Waals surface area contributed by atoms with E-state index in [-0.39, 0.29) is 5.69 Å². The molecular formula is C12H10N2O2. The van der Waals surface area contributed by atoms with Gasteiger partial charge in [-0.05, 0) is 18.1 Å². The number of carbonyl (C=O) groups is 1. The second kappa shape index (κ2) is 4.10. The summed E-state index contributed by atoms with van der Waals surface area (Å²) in [7, 11) is 0. The summed E-state index contributed by atoms with van der Waals surface area (Å²) in [5.41, 5.74) is 2.43. The summed E-state index contributed by atoms with van der Waals surface area (Å²) in [5.74, 6) is -1.04. The van der Waals surface area contributed by atoms with Crippen molar-refractivity contribution in [3.63, 3.8) is 0 Å². The number of aryl methyl sites for hydroxylation is 1. The van der Waals surface area contributed by atoms with Gasteiger partial charge in [0, 0.05) is 11.8 Å². The SMILES string of the molecule is Cc1ccccc1-c1cncnc1C(=O)O. The third-order valence-electron chi connectivity index (χ3n) is 2.35. The molecule has 1 aromatic heterocycles. The predicted octanol–water partition coefficient (Wildman–Crippen LogP) is 2.15. The van der Waals surface area contributed by atoms with Crippen molar-refractivity contribution in [3.8, 4) is 11.1 Å². The van der Waals surface area contributed by atoms with E-state index in [1.807, 2.05) is 31.2 Å². The summed E-state index contributed by atoms with van der Waals surface area (Å²) in [6.45, 7) is 1.92. The standard InChI is InChI=1S/C12H10N2O2/c1-8-4-2-3-5-9(8)10-6-13-7-14-11(10)12(15)16/h2-7H,1H3,(H,15,16). The summed E-state index contributed by atoms with van der Waals surface area (Å²) >= 11 is 0. The molecule has 0 spiro atoms. The van der Waals surface area contributed by atoms with Gasteiger partial charge in [0.15, 0.2) is 5.69 Å². The maximum Gasteiger partial charge on any atom is 0.355 e. The maximum atomic E-state index is 11.0. The van der Waals surface area contributed by atoms with Crippen LogP contribution in [0.3, 0.4) is 0 Å². The lowest BCUT2D eigenvalue weighted by Gasteiger charge is -2.07. The van der Waals surface area contributed by atoms with Gasteiger partial charge >= 0.3 is 5.97 Å². The lowest BCUT2D eigenvalue weighted by Crippen LogP contribution is -2.04. The van der Waals surface area contributed by atoms with Crippen molar-refractivity contribution in [2.24, 2.45) is 0 Å². The molecule has 0 saturated carbocycles. The number of aromatic carboxylic acids is 1. The van der Waals surface area contributed by atoms with Gasteiger partial charge in [-0.25, -0.2) is 14.8 Å². The average molecular weight is 214 g/mol. The highest BCUT2D eigenvalue weighted by Crippen LogP contribution is 2.24. The van der Waals surface area contributed by atoms with Crippen molar-refractivity contribution in [2.45, 2.75) is 6.92 Å². The highest BCUT2D eigenvalue weighted by molar-refractivity contribution is 5.93. The normalized spacial score (nSPS) is 10.1. The molecule has 0 amide bonds. The van der Waals surface area contributed by atoms with E-state index in [1.165, 1.54) is 12.5 Å². The summed E-state index contributed by atoms with van der Waals surface area (Å²) in [6, 6.07) is 7.55. The number of carboxylic acid groups (broad SMARTS) is 1. The van der Waals surface area contributed by atoms with Crippen LogP contribution in [-0.2, 0) is 0 Å². The molecule has 0 radical (unpaired) electrons. The molecule has 0 aliphatic carbocycles. The van der Waals surface area contributed by atoms with Crippen molar-refractivity contribution in [1.29, 1.82) is 0 Å². The van der Waals surface area contributed by atoms with Crippen LogP contribution in [0.1, 0.15) is 16.1 Å². The van der Waals surface area contributed by atoms with Crippen LogP contribution in [0.2, 0.25) is 0 Å². The molecule has 0 bridgehead atoms. The highest BCUT2D eigenvalue weighted by Gasteiger charge is 2.14. The lowest BCUT2D eigenvalue weighted by molar-refractivity contribution is 0.0691. The first-order valence-corrected chi connectivity index (χ1v) is 4.79. The van der Waals surface area contributed by atoms with Crippen LogP contribution in [0.5, 0.6) is 0 Å². The Bertz CT molecular complexity index is 538. The molecule has 4 heteroatoms. The van der Waals surface area contributed by atoms with Crippen molar-refractivity contribution in [3.05, 3.63) is 48.0 Å². The van der Waals surface area contributed by atoms with E-state index in [4.69, 9.17) is 5.11 Å². The topological polar surface area (TPSA) is 63.1 Å². The second-order valence-electron chi connectivity index (χ2n) is 3.41. The fraction of sp³-hybridized carbons (Fsp3) is 0.0833. The zero-order valence-electron chi connectivity index (χ0n) is 8.71. The molecule has 16 heavy (non-hydrogen) atoms. The molecule has 2 rings (SSSR count). The fourth-order valence-corrected chi connectivity index (χ4v) is 1.57. The molecule has 1 N–H and O–H groups in total. The smallest absolute Gasteiger partial charge is 0.355 e. The van der Waals surface area contributed by atoms with Gasteiger partial charge in [0.1, 0.15) is 6.33 Å². The number of rotatable bonds is 2. The van der Waals surface area contributed by atoms with Gasteiger partial charge in [0.2, 0.25) is 0 Å². The van der Waals surface area contributed by atoms with Crippen LogP contribution in [0.15, 0.2) is 36.8 Å². The van der Waals surface area contributed by atoms with Crippen LogP contribution in [0.4, 0.5) is 0 Å². The predicted molar refractivity (Wildman–Crippen MR) is 59.2 cm³/mol. The molecule has 80 valence electrons. The van der Waals surface area contributed by atoms with Crippen LogP contribution >= 0.6 is 0 Å². The lowest BCUT2D eigenvalue weighted by atomic mass is 10.0. The minimum absolute atomic E-state index is 0.0318. The molecule has 1 heterocycles. The van der Waals surface area contributed by atoms with Gasteiger partial charge in [-0.2, -0.15) is 0 Å². The van der Waals surface area contributed by atoms with Crippen molar-refractivity contribution in [1.82, 2.24) is 9.97 Å². The Balaban J connectivity index is 2.65. The molecule has 0 aliphatic heterocycles. The first-order valence-electron chi connectivity index (χ1n) is 4.79. The zero-order valence-corrected chi connectivity index (χ0v) is 8.71. The van der Waals surface area contributed by atoms with E-state index in [0.29, 0.717) is 5.56 Å². The highest BCUT2D eigenvalue weighted by atomic mass is 16.4. The third-order valence-corrected chi connectivity index (χ3v) is 2.35. The van der Waals surface area contributed by atoms with Gasteiger partial charge in [-0.3, -0.25) is 0 Å². The molecular weight excluding hydrogens is 204 g/mol. The van der Waals surface area contributed by atoms with E-state index < -0.39 is 5.97 Å². The number of aromatic nitrogens is 2. The van der Waals surface area contributed by atoms with Crippen molar-refractivity contribution < 1.29 is 9.90 Å². The first kappa shape index (κ1) is 10.3. The summed E-state index contributed by atoms with van der Waals surface area (Å²) in [5, 5.41) is 9.03. The Morgan fingerprint density at radius 1 is 1.25 bits per heavy atom. The van der Waals surface area contributed by atoms with Crippen LogP contribution in [0, 0.1) is 6.92 Å². The van der Waals surface area contributed by atoms with E-state index in [0.717, 1.165) is 11.1 Å². The maximum absolute atomic E-state index is 11.0. The number of benzene rings is 1. The monoisotopic (exact) mass is 214 g/mol. The molecule has 4 nitrogen and oxygen atoms in total. The minimum Gasteiger partial charge on any atom is -0.476 e. The summed E-state index contributed by atoms with van der Waals surface area (Å²) in [6.07, 6.45) is 2.77. The Labute approximate surface area is 92.6 Å². The number of hydrogen-bond acceptors (Lipinski definition) is 3. The number of hydrogen-bond donors (Lipinski definition) is 1. The zero-order chi connectivity index (χ0) is 11.5. The summed E-state index contributed by atoms with van der Waals surface area (Å²) in [4.78, 5) is 18.7. The van der Waals surface area contributed by atoms with Crippen molar-refractivity contribution in [2.75, 3.05) is 0 Å². The number of carboxylic acids is 1. The molecule has 0 unspecified atom stereocenters. The van der Waals surface area contributed by atoms with Gasteiger partial charge in [-0.1, -0.05) is 24.3 Å². The quantitative estimate of drug-likeness (QED) is 0.831. The third kappa shape index (κ3) is 1.77. The molecule has 0 fully saturated rings. The fourth-order valence-electron chi connectivity index (χ4n) is 1.57. The Kier molecular flexibility index (Phi) is 2.64. The van der Waals surface area contributed by atoms with E-state index in [9.17, 15) is 4.79 Å². The molecule has 0 aliphatic rings. The Hall–Kier alpha value is -2.23. The van der Waals surface area contributed by atoms with Crippen LogP contribution in [-0.4, -0.2) is 21.0 Å². The van der Waals surface area contributed by atoms with E-state index in [2.05, 4.69) is 9.97 Å².